The molecule has 0 unspecified atom stereocenters. The molecule has 5 nitrogen and oxygen atoms in total. The number of hydrogen-bond donors (Lipinski definition) is 3. The van der Waals surface area contributed by atoms with E-state index in [-0.39, 0.29) is 5.60 Å². The van der Waals surface area contributed by atoms with Crippen molar-refractivity contribution >= 4 is 45.3 Å². The smallest absolute Gasteiger partial charge is 0.339 e. The number of carbonyl (C=O) groups is 1. The van der Waals surface area contributed by atoms with Crippen LogP contribution in [0, 0.1) is 0 Å². The van der Waals surface area contributed by atoms with Crippen molar-refractivity contribution in [2.75, 3.05) is 10.6 Å². The number of hydrogen-bond acceptors (Lipinski definition) is 4. The number of aromatic carboxylic acids is 1. The minimum atomic E-state index is -0.949. The Morgan fingerprint density at radius 1 is 1.29 bits per heavy atom. The Morgan fingerprint density at radius 3 is 2.67 bits per heavy atom. The Hall–Kier alpha value is -1.96. The first-order chi connectivity index (χ1) is 11.4. The average Bonchev–Trinajstić information content (AvgIpc) is 2.83. The van der Waals surface area contributed by atoms with Crippen molar-refractivity contribution < 1.29 is 14.6 Å². The molecule has 0 amide bonds. The molecule has 1 aromatic heterocycles. The van der Waals surface area contributed by atoms with Gasteiger partial charge in [0.25, 0.3) is 0 Å². The zero-order valence-corrected chi connectivity index (χ0v) is 15.0. The molecule has 0 bridgehead atoms. The predicted octanol–water partition coefficient (Wildman–Crippen LogP) is 4.11. The molecular formula is C17H18N2O3S2. The second-order valence-corrected chi connectivity index (χ2v) is 7.70. The molecule has 2 heterocycles. The van der Waals surface area contributed by atoms with Crippen LogP contribution >= 0.6 is 23.6 Å². The highest BCUT2D eigenvalue weighted by Gasteiger charge is 2.33. The maximum Gasteiger partial charge on any atom is 0.339 e. The number of carboxylic acids is 1. The summed E-state index contributed by atoms with van der Waals surface area (Å²) in [6, 6.07) is 9.50. The SMILES string of the molecule is CC1(C)Cc2c(sc(NC(=S)Nc3ccccc3)c2C(=O)O)CO1. The molecule has 3 rings (SSSR count). The second-order valence-electron chi connectivity index (χ2n) is 6.18. The van der Waals surface area contributed by atoms with Gasteiger partial charge in [-0.05, 0) is 43.8 Å². The van der Waals surface area contributed by atoms with Crippen LogP contribution in [0.5, 0.6) is 0 Å². The molecule has 0 saturated heterocycles. The van der Waals surface area contributed by atoms with Crippen molar-refractivity contribution in [1.82, 2.24) is 0 Å². The highest BCUT2D eigenvalue weighted by molar-refractivity contribution is 7.80. The lowest BCUT2D eigenvalue weighted by Crippen LogP contribution is -2.31. The first kappa shape index (κ1) is 16.9. The lowest BCUT2D eigenvalue weighted by molar-refractivity contribution is -0.0384. The van der Waals surface area contributed by atoms with Gasteiger partial charge in [-0.2, -0.15) is 0 Å². The Morgan fingerprint density at radius 2 is 2.00 bits per heavy atom. The van der Waals surface area contributed by atoms with Crippen molar-refractivity contribution in [2.24, 2.45) is 0 Å². The van der Waals surface area contributed by atoms with Crippen LogP contribution in [0.1, 0.15) is 34.6 Å². The van der Waals surface area contributed by atoms with Gasteiger partial charge in [-0.15, -0.1) is 11.3 Å². The number of rotatable bonds is 3. The third-order valence-electron chi connectivity index (χ3n) is 3.76. The summed E-state index contributed by atoms with van der Waals surface area (Å²) < 4.78 is 5.78. The summed E-state index contributed by atoms with van der Waals surface area (Å²) in [6.07, 6.45) is 0.570. The standard InChI is InChI=1S/C17H18N2O3S2/c1-17(2)8-11-12(9-22-17)24-14(13(11)15(20)21)19-16(23)18-10-6-4-3-5-7-10/h3-7H,8-9H2,1-2H3,(H,20,21)(H2,18,19,23). The molecule has 1 aromatic carbocycles. The van der Waals surface area contributed by atoms with Gasteiger partial charge >= 0.3 is 5.97 Å². The second kappa shape index (κ2) is 6.51. The van der Waals surface area contributed by atoms with Crippen molar-refractivity contribution in [2.45, 2.75) is 32.5 Å². The maximum atomic E-state index is 11.8. The van der Waals surface area contributed by atoms with Gasteiger partial charge in [0.05, 0.1) is 17.8 Å². The van der Waals surface area contributed by atoms with E-state index in [0.29, 0.717) is 28.7 Å². The molecule has 0 radical (unpaired) electrons. The number of thiocarbonyl (C=S) groups is 1. The molecule has 0 atom stereocenters. The van der Waals surface area contributed by atoms with Gasteiger partial charge in [-0.3, -0.25) is 0 Å². The summed E-state index contributed by atoms with van der Waals surface area (Å²) in [5.41, 5.74) is 1.62. The van der Waals surface area contributed by atoms with Crippen molar-refractivity contribution in [3.63, 3.8) is 0 Å². The summed E-state index contributed by atoms with van der Waals surface area (Å²) in [7, 11) is 0. The summed E-state index contributed by atoms with van der Waals surface area (Å²) >= 11 is 6.70. The number of nitrogens with one attached hydrogen (secondary N) is 2. The number of thiophene rings is 1. The Balaban J connectivity index is 1.85. The lowest BCUT2D eigenvalue weighted by Gasteiger charge is -2.30. The molecule has 24 heavy (non-hydrogen) atoms. The quantitative estimate of drug-likeness (QED) is 0.714. The number of ether oxygens (including phenoxy) is 1. The number of benzene rings is 1. The van der Waals surface area contributed by atoms with Crippen LogP contribution in [0.4, 0.5) is 10.7 Å². The molecule has 7 heteroatoms. The first-order valence-corrected chi connectivity index (χ1v) is 8.73. The van der Waals surface area contributed by atoms with Gasteiger partial charge in [0.15, 0.2) is 5.11 Å². The van der Waals surface area contributed by atoms with Gasteiger partial charge in [0.1, 0.15) is 5.00 Å². The van der Waals surface area contributed by atoms with E-state index >= 15 is 0 Å². The fourth-order valence-electron chi connectivity index (χ4n) is 2.65. The van der Waals surface area contributed by atoms with Crippen LogP contribution in [0.15, 0.2) is 30.3 Å². The average molecular weight is 362 g/mol. The normalized spacial score (nSPS) is 15.4. The molecule has 126 valence electrons. The summed E-state index contributed by atoms with van der Waals surface area (Å²) in [4.78, 5) is 12.7. The Kier molecular flexibility index (Phi) is 4.58. The third-order valence-corrected chi connectivity index (χ3v) is 5.08. The molecule has 1 aliphatic heterocycles. The van der Waals surface area contributed by atoms with E-state index in [9.17, 15) is 9.90 Å². The molecule has 0 spiro atoms. The van der Waals surface area contributed by atoms with Crippen LogP contribution < -0.4 is 10.6 Å². The lowest BCUT2D eigenvalue weighted by atomic mass is 9.93. The number of fused-ring (bicyclic) bond motifs is 1. The van der Waals surface area contributed by atoms with E-state index in [1.807, 2.05) is 44.2 Å². The zero-order chi connectivity index (χ0) is 17.3. The van der Waals surface area contributed by atoms with E-state index in [4.69, 9.17) is 17.0 Å². The molecule has 2 aromatic rings. The van der Waals surface area contributed by atoms with E-state index in [1.54, 1.807) is 0 Å². The van der Waals surface area contributed by atoms with Gasteiger partial charge in [-0.1, -0.05) is 18.2 Å². The minimum absolute atomic E-state index is 0.295. The van der Waals surface area contributed by atoms with Gasteiger partial charge in [0, 0.05) is 17.0 Å². The van der Waals surface area contributed by atoms with Crippen LogP contribution in [0.2, 0.25) is 0 Å². The maximum absolute atomic E-state index is 11.8. The molecule has 0 fully saturated rings. The Labute approximate surface area is 149 Å². The number of para-hydroxylation sites is 1. The molecule has 0 aliphatic carbocycles. The summed E-state index contributed by atoms with van der Waals surface area (Å²) in [5, 5.41) is 16.6. The molecular weight excluding hydrogens is 344 g/mol. The first-order valence-electron chi connectivity index (χ1n) is 7.50. The largest absolute Gasteiger partial charge is 0.478 e. The van der Waals surface area contributed by atoms with E-state index < -0.39 is 5.97 Å². The van der Waals surface area contributed by atoms with Crippen molar-refractivity contribution in [3.05, 3.63) is 46.3 Å². The van der Waals surface area contributed by atoms with Crippen molar-refractivity contribution in [3.8, 4) is 0 Å². The zero-order valence-electron chi connectivity index (χ0n) is 13.4. The van der Waals surface area contributed by atoms with E-state index in [1.165, 1.54) is 11.3 Å². The topological polar surface area (TPSA) is 70.6 Å². The highest BCUT2D eigenvalue weighted by atomic mass is 32.1. The number of anilines is 2. The minimum Gasteiger partial charge on any atom is -0.478 e. The molecule has 1 aliphatic rings. The highest BCUT2D eigenvalue weighted by Crippen LogP contribution is 2.40. The van der Waals surface area contributed by atoms with Gasteiger partial charge in [-0.25, -0.2) is 4.79 Å². The summed E-state index contributed by atoms with van der Waals surface area (Å²) in [5.74, 6) is -0.949. The van der Waals surface area contributed by atoms with Crippen LogP contribution in [0.25, 0.3) is 0 Å². The summed E-state index contributed by atoms with van der Waals surface area (Å²) in [6.45, 7) is 4.36. The predicted molar refractivity (Wildman–Crippen MR) is 100 cm³/mol. The van der Waals surface area contributed by atoms with E-state index in [2.05, 4.69) is 10.6 Å². The van der Waals surface area contributed by atoms with Crippen LogP contribution in [0.3, 0.4) is 0 Å². The fourth-order valence-corrected chi connectivity index (χ4v) is 4.07. The molecule has 0 saturated carbocycles. The Bertz CT molecular complexity index is 785. The van der Waals surface area contributed by atoms with Gasteiger partial charge in [0.2, 0.25) is 0 Å². The van der Waals surface area contributed by atoms with E-state index in [0.717, 1.165) is 16.1 Å². The van der Waals surface area contributed by atoms with Crippen molar-refractivity contribution in [1.29, 1.82) is 0 Å². The van der Waals surface area contributed by atoms with Crippen LogP contribution in [-0.4, -0.2) is 21.8 Å². The fraction of sp³-hybridized carbons (Fsp3) is 0.294. The van der Waals surface area contributed by atoms with Gasteiger partial charge < -0.3 is 20.5 Å². The number of carboxylic acid groups (broad SMARTS) is 1. The molecule has 3 N–H and O–H groups in total. The monoisotopic (exact) mass is 362 g/mol. The third kappa shape index (κ3) is 3.58. The van der Waals surface area contributed by atoms with Crippen LogP contribution in [-0.2, 0) is 17.8 Å².